The molecule has 21 heavy (non-hydrogen) atoms. The van der Waals surface area contributed by atoms with Gasteiger partial charge in [-0.15, -0.1) is 11.6 Å². The average molecular weight is 310 g/mol. The monoisotopic (exact) mass is 309 g/mol. The van der Waals surface area contributed by atoms with Crippen molar-refractivity contribution in [3.63, 3.8) is 0 Å². The molecule has 0 unspecified atom stereocenters. The lowest BCUT2D eigenvalue weighted by atomic mass is 9.88. The Kier molecular flexibility index (Phi) is 4.72. The molecule has 6 nitrogen and oxygen atoms in total. The first-order valence-corrected chi connectivity index (χ1v) is 6.67. The molecule has 0 spiro atoms. The number of aliphatic hydroxyl groups excluding tert-OH is 1. The molecule has 0 atom stereocenters. The summed E-state index contributed by atoms with van der Waals surface area (Å²) < 4.78 is 4.88. The van der Waals surface area contributed by atoms with Crippen LogP contribution in [-0.4, -0.2) is 41.8 Å². The highest BCUT2D eigenvalue weighted by Crippen LogP contribution is 2.26. The van der Waals surface area contributed by atoms with Gasteiger partial charge in [-0.05, 0) is 0 Å². The maximum Gasteiger partial charge on any atom is 0.412 e. The lowest BCUT2D eigenvalue weighted by Crippen LogP contribution is -2.31. The van der Waals surface area contributed by atoms with E-state index in [4.69, 9.17) is 16.3 Å². The number of alkyl carbamates (subject to hydrolysis) is 1. The van der Waals surface area contributed by atoms with E-state index in [2.05, 4.69) is 5.32 Å². The van der Waals surface area contributed by atoms with E-state index in [0.29, 0.717) is 0 Å². The van der Waals surface area contributed by atoms with E-state index in [1.807, 2.05) is 0 Å². The van der Waals surface area contributed by atoms with Crippen LogP contribution in [0.3, 0.4) is 0 Å². The molecule has 0 saturated heterocycles. The molecule has 1 aliphatic carbocycles. The Bertz CT molecular complexity index is 638. The number of allylic oxidation sites excluding steroid dienone is 1. The Morgan fingerprint density at radius 2 is 1.81 bits per heavy atom. The number of Topliss-reactive ketones (excluding diaryl/α,β-unsaturated/α-hetero) is 2. The van der Waals surface area contributed by atoms with Gasteiger partial charge >= 0.3 is 6.09 Å². The van der Waals surface area contributed by atoms with E-state index in [-0.39, 0.29) is 29.1 Å². The number of hydrogen-bond donors (Lipinski definition) is 2. The summed E-state index contributed by atoms with van der Waals surface area (Å²) in [5.41, 5.74) is 0.0830. The molecular formula is C14H12ClNO5. The number of carbonyl (C=O) groups excluding carboxylic acids is 3. The fourth-order valence-corrected chi connectivity index (χ4v) is 2.03. The first-order chi connectivity index (χ1) is 10.1. The number of ether oxygens (including phenoxy) is 1. The van der Waals surface area contributed by atoms with Gasteiger partial charge in [-0.3, -0.25) is 9.59 Å². The van der Waals surface area contributed by atoms with Gasteiger partial charge in [0.25, 0.3) is 0 Å². The summed E-state index contributed by atoms with van der Waals surface area (Å²) in [7, 11) is 0. The fraction of sp³-hybridized carbons (Fsp3) is 0.214. The third kappa shape index (κ3) is 2.96. The number of carbonyl (C=O) groups is 3. The second-order valence-corrected chi connectivity index (χ2v) is 4.55. The number of nitrogens with one attached hydrogen (secondary N) is 1. The highest BCUT2D eigenvalue weighted by atomic mass is 35.5. The van der Waals surface area contributed by atoms with Crippen molar-refractivity contribution in [2.75, 3.05) is 19.0 Å². The van der Waals surface area contributed by atoms with Gasteiger partial charge in [0.15, 0.2) is 11.5 Å². The maximum atomic E-state index is 12.3. The van der Waals surface area contributed by atoms with Gasteiger partial charge in [0.2, 0.25) is 5.78 Å². The van der Waals surface area contributed by atoms with Gasteiger partial charge in [0.05, 0.1) is 12.2 Å². The van der Waals surface area contributed by atoms with Crippen molar-refractivity contribution in [1.82, 2.24) is 5.32 Å². The van der Waals surface area contributed by atoms with Gasteiger partial charge in [0.1, 0.15) is 0 Å². The Hall–Kier alpha value is -2.18. The van der Waals surface area contributed by atoms with Crippen molar-refractivity contribution in [1.29, 1.82) is 0 Å². The minimum atomic E-state index is -0.905. The molecule has 2 N–H and O–H groups in total. The van der Waals surface area contributed by atoms with Crippen molar-refractivity contribution in [2.24, 2.45) is 0 Å². The van der Waals surface area contributed by atoms with Gasteiger partial charge in [0, 0.05) is 23.6 Å². The zero-order valence-corrected chi connectivity index (χ0v) is 11.6. The first kappa shape index (κ1) is 15.2. The largest absolute Gasteiger partial charge is 0.412 e. The van der Waals surface area contributed by atoms with Gasteiger partial charge in [-0.25, -0.2) is 4.79 Å². The number of aliphatic hydroxyl groups is 1. The third-order valence-electron chi connectivity index (χ3n) is 2.89. The molecule has 1 amide bonds. The van der Waals surface area contributed by atoms with Crippen molar-refractivity contribution in [3.05, 3.63) is 46.7 Å². The first-order valence-electron chi connectivity index (χ1n) is 6.14. The molecule has 0 saturated carbocycles. The van der Waals surface area contributed by atoms with Crippen LogP contribution in [0, 0.1) is 0 Å². The Morgan fingerprint density at radius 1 is 1.19 bits per heavy atom. The number of ketones is 2. The van der Waals surface area contributed by atoms with Crippen LogP contribution in [0.4, 0.5) is 4.79 Å². The molecule has 1 aliphatic rings. The molecule has 7 heteroatoms. The summed E-state index contributed by atoms with van der Waals surface area (Å²) in [6, 6.07) is 6.15. The fourth-order valence-electron chi connectivity index (χ4n) is 1.93. The molecule has 0 aliphatic heterocycles. The second-order valence-electron chi connectivity index (χ2n) is 4.17. The van der Waals surface area contributed by atoms with Crippen molar-refractivity contribution < 1.29 is 24.2 Å². The number of hydrogen-bond acceptors (Lipinski definition) is 5. The maximum absolute atomic E-state index is 12.3. The number of alkyl halides is 1. The van der Waals surface area contributed by atoms with E-state index in [0.717, 1.165) is 0 Å². The SMILES string of the molecule is O=C(NCCCl)OC1=C(CO)C(=O)c2ccccc2C1=O. The van der Waals surface area contributed by atoms with Gasteiger partial charge in [-0.2, -0.15) is 0 Å². The Balaban J connectivity index is 2.36. The predicted molar refractivity (Wildman–Crippen MR) is 74.4 cm³/mol. The van der Waals surface area contributed by atoms with Crippen molar-refractivity contribution >= 4 is 29.3 Å². The van der Waals surface area contributed by atoms with Crippen LogP contribution in [-0.2, 0) is 4.74 Å². The lowest BCUT2D eigenvalue weighted by molar-refractivity contribution is 0.0892. The van der Waals surface area contributed by atoms with Gasteiger partial charge in [-0.1, -0.05) is 24.3 Å². The summed E-state index contributed by atoms with van der Waals surface area (Å²) in [5.74, 6) is -1.42. The van der Waals surface area contributed by atoms with E-state index in [1.54, 1.807) is 12.1 Å². The van der Waals surface area contributed by atoms with Crippen LogP contribution in [0.5, 0.6) is 0 Å². The number of amides is 1. The predicted octanol–water partition coefficient (Wildman–Crippen LogP) is 1.28. The van der Waals surface area contributed by atoms with Crippen molar-refractivity contribution in [2.45, 2.75) is 0 Å². The van der Waals surface area contributed by atoms with E-state index in [1.165, 1.54) is 12.1 Å². The number of benzene rings is 1. The van der Waals surface area contributed by atoms with Crippen LogP contribution in [0.2, 0.25) is 0 Å². The Morgan fingerprint density at radius 3 is 2.38 bits per heavy atom. The zero-order valence-electron chi connectivity index (χ0n) is 10.9. The minimum absolute atomic E-state index is 0.139. The summed E-state index contributed by atoms with van der Waals surface area (Å²) in [6.45, 7) is -0.544. The zero-order chi connectivity index (χ0) is 15.4. The number of rotatable bonds is 4. The van der Waals surface area contributed by atoms with E-state index in [9.17, 15) is 19.5 Å². The van der Waals surface area contributed by atoms with Crippen LogP contribution in [0.25, 0.3) is 0 Å². The lowest BCUT2D eigenvalue weighted by Gasteiger charge is -2.19. The number of fused-ring (bicyclic) bond motifs is 1. The van der Waals surface area contributed by atoms with Crippen LogP contribution >= 0.6 is 11.6 Å². The molecule has 110 valence electrons. The second kappa shape index (κ2) is 6.51. The Labute approximate surface area is 125 Å². The van der Waals surface area contributed by atoms with Crippen molar-refractivity contribution in [3.8, 4) is 0 Å². The highest BCUT2D eigenvalue weighted by molar-refractivity contribution is 6.26. The molecule has 0 heterocycles. The molecule has 2 rings (SSSR count). The van der Waals surface area contributed by atoms with Crippen LogP contribution in [0.15, 0.2) is 35.6 Å². The third-order valence-corrected chi connectivity index (χ3v) is 3.08. The molecule has 1 aromatic rings. The molecule has 0 aromatic heterocycles. The average Bonchev–Trinajstić information content (AvgIpc) is 2.50. The highest BCUT2D eigenvalue weighted by Gasteiger charge is 2.34. The van der Waals surface area contributed by atoms with Gasteiger partial charge < -0.3 is 15.2 Å². The summed E-state index contributed by atoms with van der Waals surface area (Å²) in [6.07, 6.45) is -0.905. The number of halogens is 1. The van der Waals surface area contributed by atoms with Crippen LogP contribution < -0.4 is 5.32 Å². The minimum Gasteiger partial charge on any atom is -0.406 e. The van der Waals surface area contributed by atoms with Crippen LogP contribution in [0.1, 0.15) is 20.7 Å². The molecule has 1 aromatic carbocycles. The normalized spacial score (nSPS) is 14.0. The van der Waals surface area contributed by atoms with E-state index >= 15 is 0 Å². The standard InChI is InChI=1S/C14H12ClNO5/c15-5-6-16-14(20)21-13-10(7-17)11(18)8-3-1-2-4-9(8)12(13)19/h1-4,17H,5-7H2,(H,16,20). The summed E-state index contributed by atoms with van der Waals surface area (Å²) in [4.78, 5) is 36.0. The molecule has 0 radical (unpaired) electrons. The summed E-state index contributed by atoms with van der Waals surface area (Å²) >= 11 is 5.42. The topological polar surface area (TPSA) is 92.7 Å². The molecule has 0 bridgehead atoms. The van der Waals surface area contributed by atoms with E-state index < -0.39 is 30.0 Å². The molecular weight excluding hydrogens is 298 g/mol. The smallest absolute Gasteiger partial charge is 0.406 e. The molecule has 0 fully saturated rings. The quantitative estimate of drug-likeness (QED) is 0.817. The summed E-state index contributed by atoms with van der Waals surface area (Å²) in [5, 5.41) is 11.6.